The number of carbonyl (C=O) groups excluding carboxylic acids is 1. The van der Waals surface area contributed by atoms with Crippen LogP contribution in [-0.4, -0.2) is 64.6 Å². The number of methoxy groups -OCH3 is 1. The standard InChI is InChI=1S/C19H26N4O4S/c1-19(2,3)27-17(24)22-11-9-21(10-12-22)13-23-18(28)26-16(20-23)14-7-5-6-8-15(14)25-4/h5-8H,9-13H2,1-4H3. The highest BCUT2D eigenvalue weighted by molar-refractivity contribution is 7.71. The van der Waals surface area contributed by atoms with Gasteiger partial charge in [-0.1, -0.05) is 12.1 Å². The fourth-order valence-electron chi connectivity index (χ4n) is 2.91. The lowest BCUT2D eigenvalue weighted by Crippen LogP contribution is -2.50. The van der Waals surface area contributed by atoms with Gasteiger partial charge in [0.15, 0.2) is 0 Å². The number of nitrogens with zero attached hydrogens (tertiary/aromatic N) is 4. The summed E-state index contributed by atoms with van der Waals surface area (Å²) in [6, 6.07) is 7.51. The van der Waals surface area contributed by atoms with E-state index in [2.05, 4.69) is 10.00 Å². The van der Waals surface area contributed by atoms with Gasteiger partial charge in [0.2, 0.25) is 0 Å². The number of amides is 1. The third kappa shape index (κ3) is 4.90. The molecular formula is C19H26N4O4S. The molecular weight excluding hydrogens is 380 g/mol. The Morgan fingerprint density at radius 1 is 1.21 bits per heavy atom. The normalized spacial score (nSPS) is 15.5. The molecule has 0 saturated carbocycles. The molecule has 1 aromatic heterocycles. The Morgan fingerprint density at radius 2 is 1.89 bits per heavy atom. The fraction of sp³-hybridized carbons (Fsp3) is 0.526. The van der Waals surface area contributed by atoms with Crippen molar-refractivity contribution in [3.05, 3.63) is 29.1 Å². The number of hydrogen-bond acceptors (Lipinski definition) is 7. The first-order valence-electron chi connectivity index (χ1n) is 9.18. The third-order valence-corrected chi connectivity index (χ3v) is 4.60. The maximum atomic E-state index is 12.2. The van der Waals surface area contributed by atoms with E-state index in [1.807, 2.05) is 45.0 Å². The Morgan fingerprint density at radius 3 is 2.54 bits per heavy atom. The van der Waals surface area contributed by atoms with E-state index in [1.54, 1.807) is 16.7 Å². The summed E-state index contributed by atoms with van der Waals surface area (Å²) in [7, 11) is 1.61. The molecule has 0 radical (unpaired) electrons. The second-order valence-electron chi connectivity index (χ2n) is 7.60. The van der Waals surface area contributed by atoms with E-state index >= 15 is 0 Å². The highest BCUT2D eigenvalue weighted by Gasteiger charge is 2.26. The predicted molar refractivity (Wildman–Crippen MR) is 107 cm³/mol. The maximum Gasteiger partial charge on any atom is 0.410 e. The quantitative estimate of drug-likeness (QED) is 0.721. The van der Waals surface area contributed by atoms with Crippen LogP contribution in [0.1, 0.15) is 20.8 Å². The second-order valence-corrected chi connectivity index (χ2v) is 7.95. The number of rotatable bonds is 4. The largest absolute Gasteiger partial charge is 0.496 e. The number of hydrogen-bond donors (Lipinski definition) is 0. The van der Waals surface area contributed by atoms with Gasteiger partial charge in [-0.3, -0.25) is 4.90 Å². The Balaban J connectivity index is 1.62. The van der Waals surface area contributed by atoms with Gasteiger partial charge in [-0.25, -0.2) is 9.48 Å². The number of benzene rings is 1. The lowest BCUT2D eigenvalue weighted by atomic mass is 10.2. The van der Waals surface area contributed by atoms with Gasteiger partial charge in [-0.2, -0.15) is 0 Å². The van der Waals surface area contributed by atoms with E-state index in [9.17, 15) is 4.79 Å². The summed E-state index contributed by atoms with van der Waals surface area (Å²) in [6.45, 7) is 8.71. The number of carbonyl (C=O) groups is 1. The van der Waals surface area contributed by atoms with E-state index in [4.69, 9.17) is 26.1 Å². The van der Waals surface area contributed by atoms with Crippen LogP contribution in [0.25, 0.3) is 11.5 Å². The van der Waals surface area contributed by atoms with Crippen molar-refractivity contribution in [3.63, 3.8) is 0 Å². The summed E-state index contributed by atoms with van der Waals surface area (Å²) in [4.78, 5) is 16.4. The molecule has 9 heteroatoms. The molecule has 1 aliphatic heterocycles. The van der Waals surface area contributed by atoms with Crippen molar-refractivity contribution in [2.75, 3.05) is 33.3 Å². The SMILES string of the molecule is COc1ccccc1-c1nn(CN2CCN(C(=O)OC(C)(C)C)CC2)c(=S)o1. The van der Waals surface area contributed by atoms with E-state index in [-0.39, 0.29) is 6.09 Å². The second kappa shape index (κ2) is 8.32. The predicted octanol–water partition coefficient (Wildman–Crippen LogP) is 3.39. The molecule has 152 valence electrons. The molecule has 1 saturated heterocycles. The van der Waals surface area contributed by atoms with Gasteiger partial charge in [0.25, 0.3) is 10.7 Å². The van der Waals surface area contributed by atoms with Gasteiger partial charge in [-0.15, -0.1) is 5.10 Å². The Labute approximate surface area is 169 Å². The molecule has 0 spiro atoms. The van der Waals surface area contributed by atoms with Crippen molar-refractivity contribution in [1.82, 2.24) is 19.6 Å². The van der Waals surface area contributed by atoms with Crippen molar-refractivity contribution in [2.24, 2.45) is 0 Å². The lowest BCUT2D eigenvalue weighted by molar-refractivity contribution is 0.0113. The molecule has 0 atom stereocenters. The molecule has 1 amide bonds. The summed E-state index contributed by atoms with van der Waals surface area (Å²) in [6.07, 6.45) is -0.274. The van der Waals surface area contributed by atoms with Crippen LogP contribution >= 0.6 is 12.2 Å². The van der Waals surface area contributed by atoms with Crippen molar-refractivity contribution in [1.29, 1.82) is 0 Å². The van der Waals surface area contributed by atoms with Crippen LogP contribution in [-0.2, 0) is 11.4 Å². The average molecular weight is 407 g/mol. The van der Waals surface area contributed by atoms with Crippen LogP contribution in [0.15, 0.2) is 28.7 Å². The summed E-state index contributed by atoms with van der Waals surface area (Å²) in [5.74, 6) is 1.10. The van der Waals surface area contributed by atoms with Crippen LogP contribution < -0.4 is 4.74 Å². The van der Waals surface area contributed by atoms with Crippen LogP contribution in [0.3, 0.4) is 0 Å². The summed E-state index contributed by atoms with van der Waals surface area (Å²) in [5, 5.41) is 4.50. The first-order valence-corrected chi connectivity index (χ1v) is 9.59. The first-order chi connectivity index (χ1) is 13.3. The zero-order valence-electron chi connectivity index (χ0n) is 16.7. The highest BCUT2D eigenvalue weighted by atomic mass is 32.1. The number of para-hydroxylation sites is 1. The van der Waals surface area contributed by atoms with E-state index in [0.29, 0.717) is 49.3 Å². The van der Waals surface area contributed by atoms with Gasteiger partial charge in [0, 0.05) is 26.2 Å². The van der Waals surface area contributed by atoms with Crippen LogP contribution in [0.5, 0.6) is 5.75 Å². The molecule has 1 aliphatic rings. The molecule has 0 N–H and O–H groups in total. The van der Waals surface area contributed by atoms with E-state index in [1.165, 1.54) is 0 Å². The molecule has 2 heterocycles. The van der Waals surface area contributed by atoms with Gasteiger partial charge in [0.05, 0.1) is 19.3 Å². The Bertz CT molecular complexity index is 879. The van der Waals surface area contributed by atoms with Gasteiger partial charge in [0.1, 0.15) is 11.4 Å². The van der Waals surface area contributed by atoms with Gasteiger partial charge < -0.3 is 18.8 Å². The number of aromatic nitrogens is 2. The average Bonchev–Trinajstić information content (AvgIpc) is 3.01. The zero-order valence-corrected chi connectivity index (χ0v) is 17.5. The smallest absolute Gasteiger partial charge is 0.410 e. The third-order valence-electron chi connectivity index (χ3n) is 4.30. The van der Waals surface area contributed by atoms with Crippen molar-refractivity contribution in [2.45, 2.75) is 33.0 Å². The topological polar surface area (TPSA) is 73.0 Å². The monoisotopic (exact) mass is 406 g/mol. The number of piperazine rings is 1. The molecule has 1 fully saturated rings. The summed E-state index contributed by atoms with van der Waals surface area (Å²) < 4.78 is 18.1. The molecule has 1 aromatic carbocycles. The molecule has 0 unspecified atom stereocenters. The molecule has 3 rings (SSSR count). The molecule has 28 heavy (non-hydrogen) atoms. The maximum absolute atomic E-state index is 12.2. The molecule has 8 nitrogen and oxygen atoms in total. The van der Waals surface area contributed by atoms with Crippen LogP contribution in [0.2, 0.25) is 0 Å². The minimum Gasteiger partial charge on any atom is -0.496 e. The molecule has 0 aliphatic carbocycles. The highest BCUT2D eigenvalue weighted by Crippen LogP contribution is 2.28. The van der Waals surface area contributed by atoms with E-state index < -0.39 is 5.60 Å². The van der Waals surface area contributed by atoms with Crippen molar-refractivity contribution < 1.29 is 18.7 Å². The Hall–Kier alpha value is -2.39. The summed E-state index contributed by atoms with van der Waals surface area (Å²) in [5.41, 5.74) is 0.265. The minimum absolute atomic E-state index is 0.274. The first kappa shape index (κ1) is 20.3. The van der Waals surface area contributed by atoms with Crippen molar-refractivity contribution >= 4 is 18.3 Å². The Kier molecular flexibility index (Phi) is 6.04. The number of ether oxygens (including phenoxy) is 2. The molecule has 2 aromatic rings. The van der Waals surface area contributed by atoms with Crippen LogP contribution in [0.4, 0.5) is 4.79 Å². The zero-order chi connectivity index (χ0) is 20.3. The van der Waals surface area contributed by atoms with Gasteiger partial charge >= 0.3 is 6.09 Å². The lowest BCUT2D eigenvalue weighted by Gasteiger charge is -2.35. The van der Waals surface area contributed by atoms with Gasteiger partial charge in [-0.05, 0) is 45.1 Å². The fourth-order valence-corrected chi connectivity index (χ4v) is 3.09. The minimum atomic E-state index is -0.489. The summed E-state index contributed by atoms with van der Waals surface area (Å²) >= 11 is 5.33. The van der Waals surface area contributed by atoms with Crippen LogP contribution in [0, 0.1) is 4.84 Å². The van der Waals surface area contributed by atoms with Crippen molar-refractivity contribution in [3.8, 4) is 17.2 Å². The van der Waals surface area contributed by atoms with E-state index in [0.717, 1.165) is 5.56 Å². The molecule has 0 bridgehead atoms.